The number of fused-ring (bicyclic) bond motifs is 1. The minimum absolute atomic E-state index is 0.174. The number of methoxy groups -OCH3 is 2. The molecule has 0 bridgehead atoms. The molecule has 5 rings (SSSR count). The van der Waals surface area contributed by atoms with Crippen LogP contribution in [0.5, 0.6) is 11.5 Å². The number of ether oxygens (including phenoxy) is 2. The Hall–Kier alpha value is -4.43. The molecule has 4 aromatic rings. The Balaban J connectivity index is 1.73. The minimum Gasteiger partial charge on any atom is -0.493 e. The molecule has 38 heavy (non-hydrogen) atoms. The van der Waals surface area contributed by atoms with E-state index < -0.39 is 17.8 Å². The van der Waals surface area contributed by atoms with Crippen LogP contribution in [0.3, 0.4) is 0 Å². The van der Waals surface area contributed by atoms with E-state index in [0.29, 0.717) is 38.3 Å². The predicted octanol–water partition coefficient (Wildman–Crippen LogP) is 6.51. The number of carbonyl (C=O) groups excluding carboxylic acids is 3. The predicted molar refractivity (Wildman–Crippen MR) is 151 cm³/mol. The molecular weight excluding hydrogens is 548 g/mol. The fourth-order valence-corrected chi connectivity index (χ4v) is 4.91. The van der Waals surface area contributed by atoms with Crippen molar-refractivity contribution in [1.82, 2.24) is 0 Å². The lowest BCUT2D eigenvalue weighted by molar-refractivity contribution is -0.121. The second-order valence-electron chi connectivity index (χ2n) is 8.69. The summed E-state index contributed by atoms with van der Waals surface area (Å²) >= 11 is 3.50. The van der Waals surface area contributed by atoms with E-state index in [-0.39, 0.29) is 5.57 Å². The molecule has 0 aliphatic carbocycles. The first-order chi connectivity index (χ1) is 18.3. The van der Waals surface area contributed by atoms with Crippen LogP contribution in [0.1, 0.15) is 11.1 Å². The van der Waals surface area contributed by atoms with Crippen LogP contribution >= 0.6 is 15.9 Å². The third-order valence-electron chi connectivity index (χ3n) is 6.32. The summed E-state index contributed by atoms with van der Waals surface area (Å²) in [5.41, 5.74) is 1.96. The molecule has 0 saturated carbocycles. The molecule has 0 N–H and O–H groups in total. The Labute approximate surface area is 228 Å². The summed E-state index contributed by atoms with van der Waals surface area (Å²) < 4.78 is 11.3. The maximum atomic E-state index is 13.9. The number of nitrogens with zero attached hydrogens (tertiary/aromatic N) is 2. The summed E-state index contributed by atoms with van der Waals surface area (Å²) in [4.78, 5) is 43.7. The van der Waals surface area contributed by atoms with Crippen LogP contribution in [0.4, 0.5) is 16.2 Å². The van der Waals surface area contributed by atoms with Gasteiger partial charge in [-0.15, -0.1) is 0 Å². The molecular formula is C30H23BrN2O5. The zero-order valence-corrected chi connectivity index (χ0v) is 22.5. The maximum Gasteiger partial charge on any atom is 0.343 e. The van der Waals surface area contributed by atoms with Crippen molar-refractivity contribution in [2.75, 3.05) is 24.0 Å². The fraction of sp³-hybridized carbons (Fsp3) is 0.100. The van der Waals surface area contributed by atoms with Gasteiger partial charge in [0, 0.05) is 9.86 Å². The van der Waals surface area contributed by atoms with Crippen LogP contribution in [0.2, 0.25) is 0 Å². The Bertz CT molecular complexity index is 1640. The lowest BCUT2D eigenvalue weighted by atomic mass is 10.0. The van der Waals surface area contributed by atoms with Crippen molar-refractivity contribution in [3.05, 3.63) is 100 Å². The van der Waals surface area contributed by atoms with E-state index >= 15 is 0 Å². The van der Waals surface area contributed by atoms with Crippen LogP contribution in [-0.2, 0) is 9.59 Å². The van der Waals surface area contributed by atoms with E-state index in [4.69, 9.17) is 9.47 Å². The summed E-state index contributed by atoms with van der Waals surface area (Å²) in [5, 5.41) is 1.57. The molecule has 8 heteroatoms. The lowest BCUT2D eigenvalue weighted by Crippen LogP contribution is -2.57. The van der Waals surface area contributed by atoms with E-state index in [2.05, 4.69) is 15.9 Å². The largest absolute Gasteiger partial charge is 0.493 e. The normalized spacial score (nSPS) is 14.9. The van der Waals surface area contributed by atoms with Crippen molar-refractivity contribution in [2.24, 2.45) is 0 Å². The van der Waals surface area contributed by atoms with Gasteiger partial charge in [-0.1, -0.05) is 64.5 Å². The molecule has 1 aliphatic rings. The van der Waals surface area contributed by atoms with Crippen LogP contribution in [0.15, 0.2) is 88.9 Å². The Morgan fingerprint density at radius 2 is 1.42 bits per heavy atom. The third kappa shape index (κ3) is 4.33. The number of anilines is 2. The number of hydrogen-bond donors (Lipinski definition) is 0. The summed E-state index contributed by atoms with van der Waals surface area (Å²) in [6.07, 6.45) is 1.46. The second kappa shape index (κ2) is 10.1. The third-order valence-corrected chi connectivity index (χ3v) is 7.01. The molecule has 0 atom stereocenters. The summed E-state index contributed by atoms with van der Waals surface area (Å²) in [5.74, 6) is -0.529. The van der Waals surface area contributed by atoms with Crippen molar-refractivity contribution in [3.63, 3.8) is 0 Å². The number of imide groups is 2. The average Bonchev–Trinajstić information content (AvgIpc) is 2.92. The molecule has 0 radical (unpaired) electrons. The first-order valence-electron chi connectivity index (χ1n) is 11.7. The van der Waals surface area contributed by atoms with E-state index in [1.807, 2.05) is 43.3 Å². The topological polar surface area (TPSA) is 76.2 Å². The lowest BCUT2D eigenvalue weighted by Gasteiger charge is -2.34. The number of hydrogen-bond acceptors (Lipinski definition) is 5. The SMILES string of the molecule is COc1cc(Br)c(/C=C2/C(=O)N(c3cccc(C)c3)C(=O)N(c3cccc4ccccc34)C2=O)cc1OC. The highest BCUT2D eigenvalue weighted by Crippen LogP contribution is 2.37. The molecule has 0 aromatic heterocycles. The number of halogens is 1. The van der Waals surface area contributed by atoms with Gasteiger partial charge in [0.2, 0.25) is 0 Å². The molecule has 1 heterocycles. The van der Waals surface area contributed by atoms with Crippen LogP contribution in [0.25, 0.3) is 16.8 Å². The van der Waals surface area contributed by atoms with Crippen molar-refractivity contribution >= 4 is 62.0 Å². The molecule has 4 aromatic carbocycles. The van der Waals surface area contributed by atoms with Gasteiger partial charge in [-0.25, -0.2) is 14.6 Å². The van der Waals surface area contributed by atoms with Crippen molar-refractivity contribution < 1.29 is 23.9 Å². The number of rotatable bonds is 5. The molecule has 1 fully saturated rings. The number of urea groups is 1. The van der Waals surface area contributed by atoms with Crippen molar-refractivity contribution in [1.29, 1.82) is 0 Å². The van der Waals surface area contributed by atoms with Crippen molar-refractivity contribution in [2.45, 2.75) is 6.92 Å². The number of barbiturate groups is 1. The minimum atomic E-state index is -0.745. The van der Waals surface area contributed by atoms with Gasteiger partial charge < -0.3 is 9.47 Å². The fourth-order valence-electron chi connectivity index (χ4n) is 4.48. The smallest absolute Gasteiger partial charge is 0.343 e. The Morgan fingerprint density at radius 3 is 2.16 bits per heavy atom. The van der Waals surface area contributed by atoms with Gasteiger partial charge in [-0.3, -0.25) is 9.59 Å². The molecule has 7 nitrogen and oxygen atoms in total. The Kier molecular flexibility index (Phi) is 6.73. The molecule has 0 spiro atoms. The van der Waals surface area contributed by atoms with Gasteiger partial charge in [0.05, 0.1) is 25.6 Å². The number of amides is 4. The van der Waals surface area contributed by atoms with Crippen LogP contribution in [0, 0.1) is 6.92 Å². The average molecular weight is 571 g/mol. The summed E-state index contributed by atoms with van der Waals surface area (Å²) in [7, 11) is 3.02. The maximum absolute atomic E-state index is 13.9. The zero-order valence-electron chi connectivity index (χ0n) is 20.9. The molecule has 4 amide bonds. The van der Waals surface area contributed by atoms with Crippen LogP contribution in [-0.4, -0.2) is 32.1 Å². The van der Waals surface area contributed by atoms with Gasteiger partial charge in [0.25, 0.3) is 11.8 Å². The monoisotopic (exact) mass is 570 g/mol. The highest BCUT2D eigenvalue weighted by atomic mass is 79.9. The first-order valence-corrected chi connectivity index (χ1v) is 12.5. The molecule has 1 saturated heterocycles. The summed E-state index contributed by atoms with van der Waals surface area (Å²) in [6.45, 7) is 1.87. The Morgan fingerprint density at radius 1 is 0.763 bits per heavy atom. The van der Waals surface area contributed by atoms with Gasteiger partial charge in [0.1, 0.15) is 5.57 Å². The highest BCUT2D eigenvalue weighted by Gasteiger charge is 2.44. The molecule has 0 unspecified atom stereocenters. The van der Waals surface area contributed by atoms with Gasteiger partial charge in [-0.05, 0) is 59.8 Å². The van der Waals surface area contributed by atoms with Gasteiger partial charge >= 0.3 is 6.03 Å². The van der Waals surface area contributed by atoms with Crippen molar-refractivity contribution in [3.8, 4) is 11.5 Å². The van der Waals surface area contributed by atoms with E-state index in [0.717, 1.165) is 20.7 Å². The van der Waals surface area contributed by atoms with Gasteiger partial charge in [-0.2, -0.15) is 0 Å². The quantitative estimate of drug-likeness (QED) is 0.202. The molecule has 190 valence electrons. The van der Waals surface area contributed by atoms with E-state index in [9.17, 15) is 14.4 Å². The zero-order chi connectivity index (χ0) is 27.0. The van der Waals surface area contributed by atoms with E-state index in [1.54, 1.807) is 42.5 Å². The summed E-state index contributed by atoms with van der Waals surface area (Å²) in [6, 6.07) is 22.5. The highest BCUT2D eigenvalue weighted by molar-refractivity contribution is 9.10. The standard InChI is InChI=1S/C30H23BrN2O5/c1-18-8-6-11-21(14-18)32-28(34)23(15-20-16-26(37-2)27(38-3)17-24(20)31)29(35)33(30(32)36)25-13-7-10-19-9-4-5-12-22(19)25/h4-17H,1-3H3/b23-15-. The number of aryl methyl sites for hydroxylation is 1. The number of carbonyl (C=O) groups is 3. The van der Waals surface area contributed by atoms with Crippen LogP contribution < -0.4 is 19.3 Å². The number of benzene rings is 4. The molecule has 1 aliphatic heterocycles. The first kappa shape index (κ1) is 25.2. The second-order valence-corrected chi connectivity index (χ2v) is 9.54. The van der Waals surface area contributed by atoms with E-state index in [1.165, 1.54) is 20.3 Å². The van der Waals surface area contributed by atoms with Gasteiger partial charge in [0.15, 0.2) is 11.5 Å².